The summed E-state index contributed by atoms with van der Waals surface area (Å²) in [5.41, 5.74) is 1.91. The van der Waals surface area contributed by atoms with Gasteiger partial charge < -0.3 is 4.57 Å². The van der Waals surface area contributed by atoms with Crippen molar-refractivity contribution in [3.63, 3.8) is 0 Å². The molecule has 3 rings (SSSR count). The molecule has 5 nitrogen and oxygen atoms in total. The van der Waals surface area contributed by atoms with Crippen LogP contribution in [0.5, 0.6) is 0 Å². The van der Waals surface area contributed by atoms with Crippen molar-refractivity contribution in [3.05, 3.63) is 24.3 Å². The molecule has 1 atom stereocenters. The van der Waals surface area contributed by atoms with Gasteiger partial charge in [0.05, 0.1) is 11.0 Å². The summed E-state index contributed by atoms with van der Waals surface area (Å²) in [6.07, 6.45) is 0.490. The molecule has 0 N–H and O–H groups in total. The fourth-order valence-electron chi connectivity index (χ4n) is 2.70. The Hall–Kier alpha value is -1.82. The van der Waals surface area contributed by atoms with Crippen LogP contribution in [-0.2, 0) is 16.6 Å². The summed E-state index contributed by atoms with van der Waals surface area (Å²) in [5, 5.41) is 0.101. The normalized spacial score (nSPS) is 18.7. The van der Waals surface area contributed by atoms with Gasteiger partial charge in [-0.25, -0.2) is 4.98 Å². The summed E-state index contributed by atoms with van der Waals surface area (Å²) in [4.78, 5) is 29.6. The lowest BCUT2D eigenvalue weighted by Gasteiger charge is -2.15. The number of para-hydroxylation sites is 2. The number of anilines is 1. The second kappa shape index (κ2) is 5.52. The fraction of sp³-hybridized carbons (Fsp3) is 0.400. The lowest BCUT2D eigenvalue weighted by Crippen LogP contribution is -2.27. The van der Waals surface area contributed by atoms with Crippen LogP contribution < -0.4 is 4.90 Å². The quantitative estimate of drug-likeness (QED) is 0.872. The Morgan fingerprint density at radius 2 is 2.19 bits per heavy atom. The second-order valence-corrected chi connectivity index (χ2v) is 6.53. The highest BCUT2D eigenvalue weighted by molar-refractivity contribution is 8.13. The van der Waals surface area contributed by atoms with Crippen molar-refractivity contribution in [2.45, 2.75) is 13.3 Å². The molecule has 110 valence electrons. The third-order valence-corrected chi connectivity index (χ3v) is 4.78. The molecule has 0 bridgehead atoms. The minimum Gasteiger partial charge on any atom is -0.313 e. The third-order valence-electron chi connectivity index (χ3n) is 3.73. The van der Waals surface area contributed by atoms with Crippen LogP contribution in [0.4, 0.5) is 5.95 Å². The van der Waals surface area contributed by atoms with Gasteiger partial charge in [0.25, 0.3) is 0 Å². The van der Waals surface area contributed by atoms with E-state index in [-0.39, 0.29) is 16.9 Å². The number of hydrogen-bond donors (Lipinski definition) is 0. The van der Waals surface area contributed by atoms with Gasteiger partial charge in [0, 0.05) is 32.7 Å². The number of fused-ring (bicyclic) bond motifs is 1. The lowest BCUT2D eigenvalue weighted by atomic mass is 10.1. The molecule has 1 aromatic heterocycles. The van der Waals surface area contributed by atoms with Crippen LogP contribution in [0.25, 0.3) is 11.0 Å². The molecule has 1 fully saturated rings. The van der Waals surface area contributed by atoms with E-state index in [1.54, 1.807) is 11.8 Å². The van der Waals surface area contributed by atoms with Crippen molar-refractivity contribution in [1.82, 2.24) is 9.55 Å². The standard InChI is InChI=1S/C15H17N3O2S/c1-10(19)21-9-11-7-14(20)18(8-11)15-16-12-5-3-4-6-13(12)17(15)2/h3-6,11H,7-9H2,1-2H3. The highest BCUT2D eigenvalue weighted by atomic mass is 32.2. The number of carbonyl (C=O) groups is 2. The van der Waals surface area contributed by atoms with Gasteiger partial charge in [0.2, 0.25) is 11.9 Å². The molecule has 6 heteroatoms. The molecule has 0 aliphatic carbocycles. The van der Waals surface area contributed by atoms with E-state index in [2.05, 4.69) is 4.98 Å². The van der Waals surface area contributed by atoms with Crippen LogP contribution in [-0.4, -0.2) is 32.9 Å². The summed E-state index contributed by atoms with van der Waals surface area (Å²) < 4.78 is 1.95. The zero-order valence-corrected chi connectivity index (χ0v) is 12.9. The molecule has 1 amide bonds. The first-order valence-electron chi connectivity index (χ1n) is 6.91. The highest BCUT2D eigenvalue weighted by Gasteiger charge is 2.33. The number of aromatic nitrogens is 2. The number of carbonyl (C=O) groups excluding carboxylic acids is 2. The number of imidazole rings is 1. The molecule has 0 radical (unpaired) electrons. The minimum absolute atomic E-state index is 0.0857. The average molecular weight is 303 g/mol. The predicted octanol–water partition coefficient (Wildman–Crippen LogP) is 2.21. The van der Waals surface area contributed by atoms with E-state index in [9.17, 15) is 9.59 Å². The van der Waals surface area contributed by atoms with Crippen molar-refractivity contribution < 1.29 is 9.59 Å². The van der Waals surface area contributed by atoms with Crippen LogP contribution in [0.1, 0.15) is 13.3 Å². The first kappa shape index (κ1) is 14.1. The van der Waals surface area contributed by atoms with Crippen molar-refractivity contribution in [2.75, 3.05) is 17.2 Å². The Balaban J connectivity index is 1.84. The molecular weight excluding hydrogens is 286 g/mol. The maximum atomic E-state index is 12.2. The number of aryl methyl sites for hydroxylation is 1. The van der Waals surface area contributed by atoms with E-state index in [4.69, 9.17) is 0 Å². The van der Waals surface area contributed by atoms with Gasteiger partial charge in [0.1, 0.15) is 0 Å². The Labute approximate surface area is 127 Å². The number of amides is 1. The van der Waals surface area contributed by atoms with Crippen LogP contribution in [0.3, 0.4) is 0 Å². The molecule has 1 saturated heterocycles. The molecule has 0 saturated carbocycles. The summed E-state index contributed by atoms with van der Waals surface area (Å²) in [5.74, 6) is 1.69. The molecule has 2 heterocycles. The minimum atomic E-state index is 0.0857. The molecule has 1 aliphatic heterocycles. The number of hydrogen-bond acceptors (Lipinski definition) is 4. The van der Waals surface area contributed by atoms with E-state index >= 15 is 0 Å². The summed E-state index contributed by atoms with van der Waals surface area (Å²) >= 11 is 1.29. The van der Waals surface area contributed by atoms with Crippen molar-refractivity contribution in [3.8, 4) is 0 Å². The van der Waals surface area contributed by atoms with Crippen molar-refractivity contribution in [2.24, 2.45) is 13.0 Å². The van der Waals surface area contributed by atoms with Crippen molar-refractivity contribution in [1.29, 1.82) is 0 Å². The predicted molar refractivity (Wildman–Crippen MR) is 84.3 cm³/mol. The number of benzene rings is 1. The highest BCUT2D eigenvalue weighted by Crippen LogP contribution is 2.28. The maximum absolute atomic E-state index is 12.2. The molecule has 0 spiro atoms. The van der Waals surface area contributed by atoms with Gasteiger partial charge in [-0.3, -0.25) is 14.5 Å². The molecule has 1 aliphatic rings. The Morgan fingerprint density at radius 1 is 1.43 bits per heavy atom. The fourth-order valence-corrected chi connectivity index (χ4v) is 3.39. The second-order valence-electron chi connectivity index (χ2n) is 5.34. The molecular formula is C15H17N3O2S. The van der Waals surface area contributed by atoms with E-state index in [1.807, 2.05) is 35.9 Å². The molecule has 21 heavy (non-hydrogen) atoms. The number of thioether (sulfide) groups is 1. The van der Waals surface area contributed by atoms with E-state index < -0.39 is 0 Å². The van der Waals surface area contributed by atoms with E-state index in [1.165, 1.54) is 11.8 Å². The zero-order chi connectivity index (χ0) is 15.0. The zero-order valence-electron chi connectivity index (χ0n) is 12.1. The lowest BCUT2D eigenvalue weighted by molar-refractivity contribution is -0.117. The molecule has 1 aromatic carbocycles. The van der Waals surface area contributed by atoms with Gasteiger partial charge in [-0.2, -0.15) is 0 Å². The summed E-state index contributed by atoms with van der Waals surface area (Å²) in [6.45, 7) is 2.20. The van der Waals surface area contributed by atoms with Gasteiger partial charge in [0.15, 0.2) is 5.12 Å². The first-order chi connectivity index (χ1) is 10.1. The van der Waals surface area contributed by atoms with Crippen LogP contribution in [0.2, 0.25) is 0 Å². The average Bonchev–Trinajstić information content (AvgIpc) is 2.98. The number of nitrogens with zero attached hydrogens (tertiary/aromatic N) is 3. The summed E-state index contributed by atoms with van der Waals surface area (Å²) in [6, 6.07) is 7.85. The van der Waals surface area contributed by atoms with E-state index in [0.717, 1.165) is 11.0 Å². The molecule has 2 aromatic rings. The third kappa shape index (κ3) is 2.68. The maximum Gasteiger partial charge on any atom is 0.229 e. The topological polar surface area (TPSA) is 55.2 Å². The first-order valence-corrected chi connectivity index (χ1v) is 7.90. The SMILES string of the molecule is CC(=O)SCC1CC(=O)N(c2nc3ccccc3n2C)C1. The monoisotopic (exact) mass is 303 g/mol. The smallest absolute Gasteiger partial charge is 0.229 e. The van der Waals surface area contributed by atoms with Crippen LogP contribution in [0.15, 0.2) is 24.3 Å². The summed E-state index contributed by atoms with van der Waals surface area (Å²) in [7, 11) is 1.93. The largest absolute Gasteiger partial charge is 0.313 e. The Kier molecular flexibility index (Phi) is 3.71. The van der Waals surface area contributed by atoms with Gasteiger partial charge in [-0.1, -0.05) is 23.9 Å². The van der Waals surface area contributed by atoms with Gasteiger partial charge in [-0.15, -0.1) is 0 Å². The van der Waals surface area contributed by atoms with Gasteiger partial charge in [-0.05, 0) is 18.1 Å². The Morgan fingerprint density at radius 3 is 2.90 bits per heavy atom. The molecule has 1 unspecified atom stereocenters. The number of rotatable bonds is 3. The van der Waals surface area contributed by atoms with Crippen molar-refractivity contribution >= 4 is 39.8 Å². The van der Waals surface area contributed by atoms with E-state index in [0.29, 0.717) is 24.7 Å². The van der Waals surface area contributed by atoms with Gasteiger partial charge >= 0.3 is 0 Å². The van der Waals surface area contributed by atoms with Crippen LogP contribution >= 0.6 is 11.8 Å². The Bertz CT molecular complexity index is 710. The van der Waals surface area contributed by atoms with Crippen LogP contribution in [0, 0.1) is 5.92 Å².